The molecule has 0 radical (unpaired) electrons. The Morgan fingerprint density at radius 3 is 2.54 bits per heavy atom. The molecule has 3 aromatic carbocycles. The molecule has 0 bridgehead atoms. The Morgan fingerprint density at radius 2 is 1.86 bits per heavy atom. The van der Waals surface area contributed by atoms with Gasteiger partial charge in [-0.25, -0.2) is 9.78 Å². The Hall–Kier alpha value is -4.28. The number of esters is 1. The number of non-ortho nitro benzene ring substituents is 1. The van der Waals surface area contributed by atoms with Crippen LogP contribution in [0.3, 0.4) is 0 Å². The minimum atomic E-state index is -0.532. The van der Waals surface area contributed by atoms with E-state index >= 15 is 0 Å². The number of nitro groups is 1. The highest BCUT2D eigenvalue weighted by molar-refractivity contribution is 7.14. The van der Waals surface area contributed by atoms with Crippen molar-refractivity contribution in [2.45, 2.75) is 0 Å². The molecule has 0 amide bonds. The molecule has 1 aromatic heterocycles. The van der Waals surface area contributed by atoms with E-state index in [2.05, 4.69) is 15.5 Å². The topological polar surface area (TPSA) is 116 Å². The second-order valence-corrected chi connectivity index (χ2v) is 8.31. The third-order valence-corrected chi connectivity index (χ3v) is 5.72. The lowest BCUT2D eigenvalue weighted by Gasteiger charge is -2.10. The molecule has 0 aliphatic rings. The summed E-state index contributed by atoms with van der Waals surface area (Å²) in [5, 5.41) is 17.9. The van der Waals surface area contributed by atoms with E-state index < -0.39 is 10.9 Å². The van der Waals surface area contributed by atoms with Crippen LogP contribution in [0.1, 0.15) is 15.9 Å². The van der Waals surface area contributed by atoms with Crippen LogP contribution in [0.4, 0.5) is 10.8 Å². The molecule has 1 heterocycles. The number of halogens is 1. The minimum absolute atomic E-state index is 0.0214. The summed E-state index contributed by atoms with van der Waals surface area (Å²) in [7, 11) is 1.48. The maximum Gasteiger partial charge on any atom is 0.343 e. The summed E-state index contributed by atoms with van der Waals surface area (Å²) in [6.07, 6.45) is 1.57. The molecule has 0 saturated heterocycles. The SMILES string of the molecule is COc1cc(/C=N\Nc2nc(-c3ccc([N+](=O)[O-])cc3)cs2)ccc1OC(=O)c1ccc(Cl)cc1. The van der Waals surface area contributed by atoms with Crippen LogP contribution in [-0.4, -0.2) is 29.2 Å². The first kappa shape index (κ1) is 23.9. The number of anilines is 1. The molecule has 0 spiro atoms. The fourth-order valence-corrected chi connectivity index (χ4v) is 3.76. The fourth-order valence-electron chi connectivity index (χ4n) is 2.97. The van der Waals surface area contributed by atoms with E-state index in [0.29, 0.717) is 32.7 Å². The van der Waals surface area contributed by atoms with Crippen LogP contribution in [0.2, 0.25) is 5.02 Å². The Morgan fingerprint density at radius 1 is 1.11 bits per heavy atom. The number of hydrogen-bond acceptors (Lipinski definition) is 9. The standard InChI is InChI=1S/C24H17ClN4O5S/c1-33-22-12-15(2-11-21(22)34-23(30)17-3-7-18(25)8-4-17)13-26-28-24-27-20(14-35-24)16-5-9-19(10-6-16)29(31)32/h2-14H,1H3,(H,27,28)/b26-13-. The third-order valence-electron chi connectivity index (χ3n) is 4.72. The maximum absolute atomic E-state index is 12.4. The van der Waals surface area contributed by atoms with Gasteiger partial charge in [-0.15, -0.1) is 11.3 Å². The zero-order valence-corrected chi connectivity index (χ0v) is 19.7. The smallest absolute Gasteiger partial charge is 0.343 e. The number of carbonyl (C=O) groups is 1. The van der Waals surface area contributed by atoms with Crippen molar-refractivity contribution in [3.63, 3.8) is 0 Å². The molecule has 176 valence electrons. The molecule has 0 atom stereocenters. The summed E-state index contributed by atoms with van der Waals surface area (Å²) >= 11 is 7.20. The lowest BCUT2D eigenvalue weighted by Crippen LogP contribution is -2.09. The van der Waals surface area contributed by atoms with Gasteiger partial charge >= 0.3 is 5.97 Å². The van der Waals surface area contributed by atoms with Gasteiger partial charge in [0.2, 0.25) is 5.13 Å². The number of benzene rings is 3. The number of aromatic nitrogens is 1. The molecule has 9 nitrogen and oxygen atoms in total. The van der Waals surface area contributed by atoms with E-state index in [-0.39, 0.29) is 11.4 Å². The third kappa shape index (κ3) is 5.99. The van der Waals surface area contributed by atoms with Gasteiger partial charge in [0.1, 0.15) is 0 Å². The Kier molecular flexibility index (Phi) is 7.34. The van der Waals surface area contributed by atoms with E-state index in [1.54, 1.807) is 60.8 Å². The number of rotatable bonds is 8. The zero-order valence-electron chi connectivity index (χ0n) is 18.2. The molecule has 4 rings (SSSR count). The van der Waals surface area contributed by atoms with E-state index in [9.17, 15) is 14.9 Å². The number of ether oxygens (including phenoxy) is 2. The normalized spacial score (nSPS) is 10.8. The van der Waals surface area contributed by atoms with E-state index in [4.69, 9.17) is 21.1 Å². The van der Waals surface area contributed by atoms with Gasteiger partial charge in [-0.2, -0.15) is 5.10 Å². The molecule has 0 aliphatic carbocycles. The highest BCUT2D eigenvalue weighted by Gasteiger charge is 2.13. The fraction of sp³-hybridized carbons (Fsp3) is 0.0417. The van der Waals surface area contributed by atoms with Crippen LogP contribution in [0.15, 0.2) is 77.2 Å². The molecular weight excluding hydrogens is 492 g/mol. The molecule has 0 fully saturated rings. The summed E-state index contributed by atoms with van der Waals surface area (Å²) < 4.78 is 10.8. The summed E-state index contributed by atoms with van der Waals surface area (Å²) in [5.74, 6) is 0.104. The van der Waals surface area contributed by atoms with Gasteiger partial charge in [-0.3, -0.25) is 15.5 Å². The molecule has 0 unspecified atom stereocenters. The van der Waals surface area contributed by atoms with Crippen LogP contribution in [0.25, 0.3) is 11.3 Å². The Bertz CT molecular complexity index is 1390. The van der Waals surface area contributed by atoms with Crippen molar-refractivity contribution in [1.82, 2.24) is 4.98 Å². The van der Waals surface area contributed by atoms with Crippen LogP contribution in [0, 0.1) is 10.1 Å². The second kappa shape index (κ2) is 10.8. The predicted molar refractivity (Wildman–Crippen MR) is 135 cm³/mol. The first-order chi connectivity index (χ1) is 16.9. The second-order valence-electron chi connectivity index (χ2n) is 7.02. The van der Waals surface area contributed by atoms with Crippen LogP contribution in [-0.2, 0) is 0 Å². The van der Waals surface area contributed by atoms with Gasteiger partial charge in [0, 0.05) is 28.1 Å². The van der Waals surface area contributed by atoms with Gasteiger partial charge in [-0.1, -0.05) is 11.6 Å². The van der Waals surface area contributed by atoms with Crippen LogP contribution < -0.4 is 14.9 Å². The number of nitrogens with one attached hydrogen (secondary N) is 1. The van der Waals surface area contributed by atoms with Crippen LogP contribution in [0.5, 0.6) is 11.5 Å². The van der Waals surface area contributed by atoms with Crippen molar-refractivity contribution < 1.29 is 19.2 Å². The van der Waals surface area contributed by atoms with Gasteiger partial charge in [0.05, 0.1) is 29.5 Å². The largest absolute Gasteiger partial charge is 0.493 e. The van der Waals surface area contributed by atoms with Crippen molar-refractivity contribution in [2.24, 2.45) is 5.10 Å². The molecule has 0 aliphatic heterocycles. The van der Waals surface area contributed by atoms with E-state index in [0.717, 1.165) is 5.56 Å². The minimum Gasteiger partial charge on any atom is -0.493 e. The number of nitrogens with zero attached hydrogens (tertiary/aromatic N) is 3. The molecule has 1 N–H and O–H groups in total. The number of carbonyl (C=O) groups excluding carboxylic acids is 1. The highest BCUT2D eigenvalue weighted by Crippen LogP contribution is 2.29. The number of thiazole rings is 1. The maximum atomic E-state index is 12.4. The van der Waals surface area contributed by atoms with Crippen molar-refractivity contribution in [1.29, 1.82) is 0 Å². The Labute approximate surface area is 208 Å². The zero-order chi connectivity index (χ0) is 24.8. The summed E-state index contributed by atoms with van der Waals surface area (Å²) in [4.78, 5) is 27.1. The van der Waals surface area contributed by atoms with Gasteiger partial charge in [0.15, 0.2) is 11.5 Å². The molecule has 0 saturated carbocycles. The number of nitro benzene ring substituents is 1. The quantitative estimate of drug-likeness (QED) is 0.101. The number of hydrogen-bond donors (Lipinski definition) is 1. The average molecular weight is 509 g/mol. The van der Waals surface area contributed by atoms with Crippen molar-refractivity contribution in [3.05, 3.63) is 98.4 Å². The molecule has 4 aromatic rings. The van der Waals surface area contributed by atoms with E-state index in [1.807, 2.05) is 5.38 Å². The van der Waals surface area contributed by atoms with Crippen molar-refractivity contribution in [3.8, 4) is 22.8 Å². The van der Waals surface area contributed by atoms with Gasteiger partial charge < -0.3 is 9.47 Å². The first-order valence-corrected chi connectivity index (χ1v) is 11.3. The summed E-state index contributed by atoms with van der Waals surface area (Å²) in [6.45, 7) is 0. The van der Waals surface area contributed by atoms with Gasteiger partial charge in [-0.05, 0) is 60.2 Å². The van der Waals surface area contributed by atoms with Crippen molar-refractivity contribution in [2.75, 3.05) is 12.5 Å². The summed E-state index contributed by atoms with van der Waals surface area (Å²) in [6, 6.07) is 17.6. The molecule has 35 heavy (non-hydrogen) atoms. The monoisotopic (exact) mass is 508 g/mol. The van der Waals surface area contributed by atoms with E-state index in [1.165, 1.54) is 30.6 Å². The highest BCUT2D eigenvalue weighted by atomic mass is 35.5. The first-order valence-electron chi connectivity index (χ1n) is 10.1. The predicted octanol–water partition coefficient (Wildman–Crippen LogP) is 6.05. The lowest BCUT2D eigenvalue weighted by atomic mass is 10.1. The Balaban J connectivity index is 1.40. The summed E-state index contributed by atoms with van der Waals surface area (Å²) in [5.41, 5.74) is 5.38. The average Bonchev–Trinajstić information content (AvgIpc) is 3.34. The lowest BCUT2D eigenvalue weighted by molar-refractivity contribution is -0.384. The molecular formula is C24H17ClN4O5S. The molecule has 11 heteroatoms. The van der Waals surface area contributed by atoms with Crippen LogP contribution >= 0.6 is 22.9 Å². The number of hydrazone groups is 1. The van der Waals surface area contributed by atoms with Crippen molar-refractivity contribution >= 4 is 45.9 Å². The number of methoxy groups -OCH3 is 1. The van der Waals surface area contributed by atoms with Gasteiger partial charge in [0.25, 0.3) is 5.69 Å².